The second-order valence-corrected chi connectivity index (χ2v) is 5.82. The average Bonchev–Trinajstić information content (AvgIpc) is 2.95. The van der Waals surface area contributed by atoms with Crippen molar-refractivity contribution in [3.63, 3.8) is 0 Å². The quantitative estimate of drug-likeness (QED) is 0.650. The van der Waals surface area contributed by atoms with E-state index in [2.05, 4.69) is 10.3 Å². The number of aromatic amines is 1. The third-order valence-corrected chi connectivity index (χ3v) is 4.12. The Balaban J connectivity index is 1.48. The molecule has 2 N–H and O–H groups in total. The van der Waals surface area contributed by atoms with Gasteiger partial charge in [-0.3, -0.25) is 4.79 Å². The van der Waals surface area contributed by atoms with E-state index >= 15 is 0 Å². The van der Waals surface area contributed by atoms with Crippen LogP contribution in [-0.2, 0) is 11.2 Å². The molecule has 0 radical (unpaired) electrons. The highest BCUT2D eigenvalue weighted by atomic mass is 16.5. The number of H-pyrrole nitrogens is 1. The van der Waals surface area contributed by atoms with Gasteiger partial charge in [0.25, 0.3) is 0 Å². The largest absolute Gasteiger partial charge is 0.497 e. The first-order valence-corrected chi connectivity index (χ1v) is 8.27. The SMILES string of the molecule is COc1ccc(OCCNC(=O)Cc2c(C)[nH]c3ccccc23)cc1. The summed E-state index contributed by atoms with van der Waals surface area (Å²) in [5.41, 5.74) is 3.14. The molecule has 0 aliphatic heterocycles. The molecule has 5 heteroatoms. The van der Waals surface area contributed by atoms with Gasteiger partial charge in [0.05, 0.1) is 20.1 Å². The van der Waals surface area contributed by atoms with Gasteiger partial charge in [-0.15, -0.1) is 0 Å². The van der Waals surface area contributed by atoms with Crippen molar-refractivity contribution in [3.8, 4) is 11.5 Å². The molecule has 25 heavy (non-hydrogen) atoms. The first-order chi connectivity index (χ1) is 12.2. The number of fused-ring (bicyclic) bond motifs is 1. The Labute approximate surface area is 147 Å². The monoisotopic (exact) mass is 338 g/mol. The summed E-state index contributed by atoms with van der Waals surface area (Å²) in [4.78, 5) is 15.5. The molecule has 3 rings (SSSR count). The third-order valence-electron chi connectivity index (χ3n) is 4.12. The Bertz CT molecular complexity index is 853. The predicted octanol–water partition coefficient (Wildman–Crippen LogP) is 3.22. The highest BCUT2D eigenvalue weighted by Crippen LogP contribution is 2.22. The van der Waals surface area contributed by atoms with Crippen molar-refractivity contribution in [2.45, 2.75) is 13.3 Å². The van der Waals surface area contributed by atoms with Gasteiger partial charge in [-0.05, 0) is 42.8 Å². The van der Waals surface area contributed by atoms with Gasteiger partial charge in [-0.25, -0.2) is 0 Å². The van der Waals surface area contributed by atoms with Crippen LogP contribution < -0.4 is 14.8 Å². The van der Waals surface area contributed by atoms with Gasteiger partial charge in [0.2, 0.25) is 5.91 Å². The first-order valence-electron chi connectivity index (χ1n) is 8.27. The molecule has 0 saturated carbocycles. The van der Waals surface area contributed by atoms with Gasteiger partial charge >= 0.3 is 0 Å². The van der Waals surface area contributed by atoms with E-state index in [0.717, 1.165) is 33.7 Å². The van der Waals surface area contributed by atoms with E-state index in [1.807, 2.05) is 55.5 Å². The van der Waals surface area contributed by atoms with E-state index in [0.29, 0.717) is 19.6 Å². The van der Waals surface area contributed by atoms with Gasteiger partial charge in [-0.1, -0.05) is 18.2 Å². The highest BCUT2D eigenvalue weighted by molar-refractivity contribution is 5.90. The van der Waals surface area contributed by atoms with Crippen molar-refractivity contribution in [1.29, 1.82) is 0 Å². The zero-order valence-corrected chi connectivity index (χ0v) is 14.5. The number of carbonyl (C=O) groups is 1. The maximum atomic E-state index is 12.2. The molecular formula is C20H22N2O3. The molecule has 1 aromatic heterocycles. The minimum absolute atomic E-state index is 0.00816. The van der Waals surface area contributed by atoms with Crippen molar-refractivity contribution >= 4 is 16.8 Å². The van der Waals surface area contributed by atoms with Crippen LogP contribution in [0.15, 0.2) is 48.5 Å². The zero-order chi connectivity index (χ0) is 17.6. The number of aryl methyl sites for hydroxylation is 1. The van der Waals surface area contributed by atoms with Crippen LogP contribution in [0.1, 0.15) is 11.3 Å². The normalized spacial score (nSPS) is 10.6. The van der Waals surface area contributed by atoms with E-state index in [1.54, 1.807) is 7.11 Å². The van der Waals surface area contributed by atoms with Gasteiger partial charge < -0.3 is 19.8 Å². The maximum absolute atomic E-state index is 12.2. The topological polar surface area (TPSA) is 63.4 Å². The summed E-state index contributed by atoms with van der Waals surface area (Å²) in [7, 11) is 1.63. The van der Waals surface area contributed by atoms with E-state index in [4.69, 9.17) is 9.47 Å². The van der Waals surface area contributed by atoms with Crippen molar-refractivity contribution in [3.05, 3.63) is 59.8 Å². The fourth-order valence-corrected chi connectivity index (χ4v) is 2.82. The van der Waals surface area contributed by atoms with Crippen LogP contribution in [0.2, 0.25) is 0 Å². The number of ether oxygens (including phenoxy) is 2. The molecular weight excluding hydrogens is 316 g/mol. The Hall–Kier alpha value is -2.95. The number of hydrogen-bond donors (Lipinski definition) is 2. The Morgan fingerprint density at radius 2 is 1.80 bits per heavy atom. The van der Waals surface area contributed by atoms with Crippen molar-refractivity contribution in [2.24, 2.45) is 0 Å². The second kappa shape index (κ2) is 7.75. The molecule has 0 saturated heterocycles. The van der Waals surface area contributed by atoms with Gasteiger partial charge in [-0.2, -0.15) is 0 Å². The summed E-state index contributed by atoms with van der Waals surface area (Å²) >= 11 is 0. The Morgan fingerprint density at radius 1 is 1.08 bits per heavy atom. The number of para-hydroxylation sites is 1. The van der Waals surface area contributed by atoms with Crippen LogP contribution in [-0.4, -0.2) is 31.2 Å². The average molecular weight is 338 g/mol. The number of benzene rings is 2. The fraction of sp³-hybridized carbons (Fsp3) is 0.250. The second-order valence-electron chi connectivity index (χ2n) is 5.82. The molecule has 2 aromatic carbocycles. The lowest BCUT2D eigenvalue weighted by Crippen LogP contribution is -2.29. The number of aromatic nitrogens is 1. The molecule has 0 bridgehead atoms. The summed E-state index contributed by atoms with van der Waals surface area (Å²) in [6.07, 6.45) is 0.360. The number of nitrogens with one attached hydrogen (secondary N) is 2. The van der Waals surface area contributed by atoms with Gasteiger partial charge in [0.15, 0.2) is 0 Å². The van der Waals surface area contributed by atoms with Crippen LogP contribution in [0.5, 0.6) is 11.5 Å². The lowest BCUT2D eigenvalue weighted by atomic mass is 10.1. The van der Waals surface area contributed by atoms with E-state index in [1.165, 1.54) is 0 Å². The maximum Gasteiger partial charge on any atom is 0.224 e. The molecule has 5 nitrogen and oxygen atoms in total. The van der Waals surface area contributed by atoms with Gasteiger partial charge in [0.1, 0.15) is 18.1 Å². The summed E-state index contributed by atoms with van der Waals surface area (Å²) in [5, 5.41) is 4.00. The lowest BCUT2D eigenvalue weighted by molar-refractivity contribution is -0.120. The summed E-state index contributed by atoms with van der Waals surface area (Å²) in [6.45, 7) is 2.88. The minimum atomic E-state index is -0.00816. The molecule has 0 unspecified atom stereocenters. The number of methoxy groups -OCH3 is 1. The smallest absolute Gasteiger partial charge is 0.224 e. The number of rotatable bonds is 7. The molecule has 130 valence electrons. The number of carbonyl (C=O) groups excluding carboxylic acids is 1. The number of amides is 1. The summed E-state index contributed by atoms with van der Waals surface area (Å²) in [6, 6.07) is 15.4. The first kappa shape index (κ1) is 16.9. The standard InChI is InChI=1S/C20H22N2O3/c1-14-18(17-5-3-4-6-19(17)22-14)13-20(23)21-11-12-25-16-9-7-15(24-2)8-10-16/h3-10,22H,11-13H2,1-2H3,(H,21,23). The molecule has 1 heterocycles. The van der Waals surface area contributed by atoms with Crippen LogP contribution in [0.25, 0.3) is 10.9 Å². The molecule has 0 aliphatic rings. The van der Waals surface area contributed by atoms with Crippen LogP contribution in [0, 0.1) is 6.92 Å². The molecule has 0 atom stereocenters. The Kier molecular flexibility index (Phi) is 5.23. The van der Waals surface area contributed by atoms with E-state index < -0.39 is 0 Å². The van der Waals surface area contributed by atoms with E-state index in [-0.39, 0.29) is 5.91 Å². The van der Waals surface area contributed by atoms with Gasteiger partial charge in [0, 0.05) is 16.6 Å². The lowest BCUT2D eigenvalue weighted by Gasteiger charge is -2.08. The van der Waals surface area contributed by atoms with Crippen LogP contribution in [0.4, 0.5) is 0 Å². The molecule has 0 spiro atoms. The highest BCUT2D eigenvalue weighted by Gasteiger charge is 2.11. The summed E-state index contributed by atoms with van der Waals surface area (Å²) in [5.74, 6) is 1.53. The minimum Gasteiger partial charge on any atom is -0.497 e. The molecule has 3 aromatic rings. The molecule has 1 amide bonds. The molecule has 0 aliphatic carbocycles. The number of hydrogen-bond acceptors (Lipinski definition) is 3. The van der Waals surface area contributed by atoms with E-state index in [9.17, 15) is 4.79 Å². The third kappa shape index (κ3) is 4.12. The zero-order valence-electron chi connectivity index (χ0n) is 14.5. The van der Waals surface area contributed by atoms with Crippen molar-refractivity contribution in [2.75, 3.05) is 20.3 Å². The van der Waals surface area contributed by atoms with Crippen LogP contribution in [0.3, 0.4) is 0 Å². The predicted molar refractivity (Wildman–Crippen MR) is 98.2 cm³/mol. The molecule has 0 fully saturated rings. The van der Waals surface area contributed by atoms with Crippen LogP contribution >= 0.6 is 0 Å². The summed E-state index contributed by atoms with van der Waals surface area (Å²) < 4.78 is 10.7. The van der Waals surface area contributed by atoms with Crippen molar-refractivity contribution < 1.29 is 14.3 Å². The Morgan fingerprint density at radius 3 is 2.56 bits per heavy atom. The fourth-order valence-electron chi connectivity index (χ4n) is 2.82. The van der Waals surface area contributed by atoms with Crippen molar-refractivity contribution in [1.82, 2.24) is 10.3 Å².